The summed E-state index contributed by atoms with van der Waals surface area (Å²) in [5.41, 5.74) is 3.96. The van der Waals surface area contributed by atoms with Gasteiger partial charge < -0.3 is 5.32 Å². The lowest BCUT2D eigenvalue weighted by atomic mass is 10.1. The van der Waals surface area contributed by atoms with Crippen molar-refractivity contribution in [2.75, 3.05) is 11.1 Å². The maximum Gasteiger partial charge on any atom is 0.285 e. The molecule has 1 aliphatic rings. The summed E-state index contributed by atoms with van der Waals surface area (Å²) < 4.78 is 0.605. The molecule has 132 valence electrons. The standard InChI is InChI=1S/C20H18N2O2S2/c1-13-7-6-10-16(14(13)2)21-18(23)12-25-20-22-19(24)17(26-20)11-15-8-4-3-5-9-15/h3-11H,12H2,1-2H3,(H,21,23)/b17-11+. The van der Waals surface area contributed by atoms with Crippen LogP contribution in [-0.4, -0.2) is 21.9 Å². The molecular weight excluding hydrogens is 364 g/mol. The summed E-state index contributed by atoms with van der Waals surface area (Å²) in [7, 11) is 0. The minimum Gasteiger partial charge on any atom is -0.325 e. The van der Waals surface area contributed by atoms with Crippen LogP contribution in [0, 0.1) is 13.8 Å². The normalized spacial score (nSPS) is 15.2. The first-order valence-electron chi connectivity index (χ1n) is 8.09. The number of thioether (sulfide) groups is 2. The summed E-state index contributed by atoms with van der Waals surface area (Å²) >= 11 is 2.59. The summed E-state index contributed by atoms with van der Waals surface area (Å²) in [6.07, 6.45) is 1.82. The van der Waals surface area contributed by atoms with Gasteiger partial charge in [-0.2, -0.15) is 4.99 Å². The maximum atomic E-state index is 12.2. The third kappa shape index (κ3) is 4.65. The summed E-state index contributed by atoms with van der Waals surface area (Å²) in [6.45, 7) is 3.99. The van der Waals surface area contributed by atoms with Crippen molar-refractivity contribution < 1.29 is 9.59 Å². The third-order valence-corrected chi connectivity index (χ3v) is 6.03. The molecule has 2 aromatic carbocycles. The molecule has 3 rings (SSSR count). The van der Waals surface area contributed by atoms with Crippen LogP contribution in [0.1, 0.15) is 16.7 Å². The fourth-order valence-corrected chi connectivity index (χ4v) is 4.15. The Morgan fingerprint density at radius 1 is 1.15 bits per heavy atom. The largest absolute Gasteiger partial charge is 0.325 e. The highest BCUT2D eigenvalue weighted by Crippen LogP contribution is 2.33. The summed E-state index contributed by atoms with van der Waals surface area (Å²) in [5.74, 6) is -0.151. The number of rotatable bonds is 4. The van der Waals surface area contributed by atoms with Crippen LogP contribution in [0.3, 0.4) is 0 Å². The fraction of sp³-hybridized carbons (Fsp3) is 0.150. The van der Waals surface area contributed by atoms with E-state index in [-0.39, 0.29) is 17.6 Å². The Balaban J connectivity index is 1.56. The van der Waals surface area contributed by atoms with Gasteiger partial charge in [0.05, 0.1) is 10.7 Å². The zero-order valence-corrected chi connectivity index (χ0v) is 16.1. The number of aliphatic imine (C=N–C) groups is 1. The van der Waals surface area contributed by atoms with E-state index in [0.29, 0.717) is 9.28 Å². The lowest BCUT2D eigenvalue weighted by Gasteiger charge is -2.09. The van der Waals surface area contributed by atoms with Crippen molar-refractivity contribution in [1.82, 2.24) is 0 Å². The number of amides is 2. The smallest absolute Gasteiger partial charge is 0.285 e. The molecular formula is C20H18N2O2S2. The van der Waals surface area contributed by atoms with Crippen LogP contribution in [0.25, 0.3) is 6.08 Å². The van der Waals surface area contributed by atoms with Gasteiger partial charge in [-0.15, -0.1) is 0 Å². The average Bonchev–Trinajstić information content (AvgIpc) is 2.98. The molecule has 0 bridgehead atoms. The first kappa shape index (κ1) is 18.5. The molecule has 26 heavy (non-hydrogen) atoms. The summed E-state index contributed by atoms with van der Waals surface area (Å²) in [4.78, 5) is 28.8. The highest BCUT2D eigenvalue weighted by atomic mass is 32.2. The van der Waals surface area contributed by atoms with Crippen LogP contribution in [0.2, 0.25) is 0 Å². The van der Waals surface area contributed by atoms with Gasteiger partial charge in [-0.25, -0.2) is 0 Å². The number of nitrogens with zero attached hydrogens (tertiary/aromatic N) is 1. The lowest BCUT2D eigenvalue weighted by Crippen LogP contribution is -2.15. The van der Waals surface area contributed by atoms with Gasteiger partial charge in [0.25, 0.3) is 5.91 Å². The van der Waals surface area contributed by atoms with E-state index in [1.54, 1.807) is 0 Å². The molecule has 0 unspecified atom stereocenters. The molecule has 0 fully saturated rings. The third-order valence-electron chi connectivity index (χ3n) is 3.90. The molecule has 1 heterocycles. The summed E-state index contributed by atoms with van der Waals surface area (Å²) in [6, 6.07) is 15.5. The topological polar surface area (TPSA) is 58.5 Å². The Hall–Kier alpha value is -2.31. The van der Waals surface area contributed by atoms with Gasteiger partial charge >= 0.3 is 0 Å². The highest BCUT2D eigenvalue weighted by Gasteiger charge is 2.22. The van der Waals surface area contributed by atoms with Crippen molar-refractivity contribution in [3.05, 3.63) is 70.1 Å². The van der Waals surface area contributed by atoms with E-state index in [2.05, 4.69) is 10.3 Å². The molecule has 1 aliphatic heterocycles. The van der Waals surface area contributed by atoms with E-state index in [1.165, 1.54) is 23.5 Å². The van der Waals surface area contributed by atoms with Gasteiger partial charge in [-0.05, 0) is 42.7 Å². The predicted octanol–water partition coefficient (Wildman–Crippen LogP) is 4.65. The van der Waals surface area contributed by atoms with Crippen LogP contribution in [0.5, 0.6) is 0 Å². The molecule has 0 saturated heterocycles. The second-order valence-corrected chi connectivity index (χ2v) is 8.04. The molecule has 2 aromatic rings. The van der Waals surface area contributed by atoms with Gasteiger partial charge in [0.2, 0.25) is 5.91 Å². The Bertz CT molecular complexity index is 905. The Morgan fingerprint density at radius 2 is 1.92 bits per heavy atom. The predicted molar refractivity (Wildman–Crippen MR) is 111 cm³/mol. The molecule has 2 amide bonds. The van der Waals surface area contributed by atoms with Gasteiger partial charge in [-0.1, -0.05) is 66.0 Å². The van der Waals surface area contributed by atoms with Crippen molar-refractivity contribution in [3.8, 4) is 0 Å². The Morgan fingerprint density at radius 3 is 2.69 bits per heavy atom. The molecule has 0 saturated carbocycles. The molecule has 4 nitrogen and oxygen atoms in total. The first-order chi connectivity index (χ1) is 12.5. The number of carbonyl (C=O) groups excluding carboxylic acids is 2. The van der Waals surface area contributed by atoms with E-state index in [0.717, 1.165) is 22.4 Å². The minimum atomic E-state index is -0.253. The molecule has 0 aliphatic carbocycles. The number of hydrogen-bond acceptors (Lipinski definition) is 4. The molecule has 0 atom stereocenters. The van der Waals surface area contributed by atoms with E-state index >= 15 is 0 Å². The highest BCUT2D eigenvalue weighted by molar-refractivity contribution is 8.41. The SMILES string of the molecule is Cc1cccc(NC(=O)CSC2=NC(=O)/C(=C\c3ccccc3)S2)c1C. The second-order valence-electron chi connectivity index (χ2n) is 5.79. The van der Waals surface area contributed by atoms with Crippen molar-refractivity contribution in [3.63, 3.8) is 0 Å². The number of benzene rings is 2. The number of carbonyl (C=O) groups is 2. The number of anilines is 1. The summed E-state index contributed by atoms with van der Waals surface area (Å²) in [5, 5.41) is 2.91. The maximum absolute atomic E-state index is 12.2. The fourth-order valence-electron chi connectivity index (χ4n) is 2.35. The van der Waals surface area contributed by atoms with Gasteiger partial charge in [-0.3, -0.25) is 9.59 Å². The lowest BCUT2D eigenvalue weighted by molar-refractivity contribution is -0.114. The van der Waals surface area contributed by atoms with E-state index in [9.17, 15) is 9.59 Å². The van der Waals surface area contributed by atoms with Gasteiger partial charge in [0.15, 0.2) is 0 Å². The van der Waals surface area contributed by atoms with Gasteiger partial charge in [0.1, 0.15) is 4.38 Å². The molecule has 0 radical (unpaired) electrons. The number of nitrogens with one attached hydrogen (secondary N) is 1. The van der Waals surface area contributed by atoms with Crippen LogP contribution >= 0.6 is 23.5 Å². The average molecular weight is 383 g/mol. The Labute approximate surface area is 161 Å². The van der Waals surface area contributed by atoms with Crippen LogP contribution in [0.15, 0.2) is 58.4 Å². The zero-order chi connectivity index (χ0) is 18.5. The van der Waals surface area contributed by atoms with E-state index in [1.807, 2.05) is 68.5 Å². The zero-order valence-electron chi connectivity index (χ0n) is 14.5. The van der Waals surface area contributed by atoms with Gasteiger partial charge in [0, 0.05) is 5.69 Å². The molecule has 0 spiro atoms. The van der Waals surface area contributed by atoms with Crippen molar-refractivity contribution in [1.29, 1.82) is 0 Å². The van der Waals surface area contributed by atoms with Crippen LogP contribution in [0.4, 0.5) is 5.69 Å². The molecule has 0 aromatic heterocycles. The van der Waals surface area contributed by atoms with Crippen molar-refractivity contribution >= 4 is 51.5 Å². The minimum absolute atomic E-state index is 0.111. The van der Waals surface area contributed by atoms with Crippen molar-refractivity contribution in [2.24, 2.45) is 4.99 Å². The number of aryl methyl sites for hydroxylation is 1. The quantitative estimate of drug-likeness (QED) is 0.782. The van der Waals surface area contributed by atoms with Crippen LogP contribution < -0.4 is 5.32 Å². The van der Waals surface area contributed by atoms with E-state index in [4.69, 9.17) is 0 Å². The first-order valence-corrected chi connectivity index (χ1v) is 9.89. The Kier molecular flexibility index (Phi) is 5.96. The molecule has 1 N–H and O–H groups in total. The van der Waals surface area contributed by atoms with Crippen molar-refractivity contribution in [2.45, 2.75) is 13.8 Å². The number of hydrogen-bond donors (Lipinski definition) is 1. The van der Waals surface area contributed by atoms with Crippen LogP contribution in [-0.2, 0) is 9.59 Å². The van der Waals surface area contributed by atoms with E-state index < -0.39 is 0 Å². The monoisotopic (exact) mass is 382 g/mol. The second kappa shape index (κ2) is 8.38. The molecule has 6 heteroatoms.